The molecule has 1 aromatic heterocycles. The summed E-state index contributed by atoms with van der Waals surface area (Å²) in [5.74, 6) is 0.512. The molecule has 0 amide bonds. The molecule has 0 saturated heterocycles. The zero-order valence-electron chi connectivity index (χ0n) is 10.9. The van der Waals surface area contributed by atoms with Gasteiger partial charge in [-0.25, -0.2) is 4.68 Å². The third-order valence-electron chi connectivity index (χ3n) is 2.71. The molecule has 5 nitrogen and oxygen atoms in total. The summed E-state index contributed by atoms with van der Waals surface area (Å²) in [5, 5.41) is 13.4. The predicted octanol–water partition coefficient (Wildman–Crippen LogP) is 3.93. The topological polar surface area (TPSA) is 59.6 Å². The molecular formula is C12H8Cl2F3N3O2. The lowest BCUT2D eigenvalue weighted by Crippen LogP contribution is -2.11. The second kappa shape index (κ2) is 6.05. The van der Waals surface area contributed by atoms with E-state index in [9.17, 15) is 13.2 Å². The summed E-state index contributed by atoms with van der Waals surface area (Å²) in [5.41, 5.74) is -1.80. The number of alkyl halides is 3. The molecule has 0 bridgehead atoms. The molecule has 0 aliphatic carbocycles. The molecule has 118 valence electrons. The number of aromatic nitrogens is 2. The summed E-state index contributed by atoms with van der Waals surface area (Å²) < 4.78 is 44.9. The van der Waals surface area contributed by atoms with E-state index in [1.54, 1.807) is 0 Å². The number of ether oxygens (including phenoxy) is 1. The van der Waals surface area contributed by atoms with E-state index in [1.807, 2.05) is 0 Å². The van der Waals surface area contributed by atoms with Gasteiger partial charge in [0.1, 0.15) is 10.9 Å². The van der Waals surface area contributed by atoms with Gasteiger partial charge in [0.25, 0.3) is 0 Å². The summed E-state index contributed by atoms with van der Waals surface area (Å²) in [4.78, 5) is 0. The Bertz CT molecular complexity index is 712. The Labute approximate surface area is 132 Å². The molecular weight excluding hydrogens is 346 g/mol. The molecule has 0 fully saturated rings. The van der Waals surface area contributed by atoms with Gasteiger partial charge in [0.05, 0.1) is 18.4 Å². The zero-order valence-corrected chi connectivity index (χ0v) is 12.4. The van der Waals surface area contributed by atoms with Crippen LogP contribution in [-0.2, 0) is 6.18 Å². The minimum Gasteiger partial charge on any atom is -0.497 e. The van der Waals surface area contributed by atoms with Gasteiger partial charge in [-0.05, 0) is 24.3 Å². The molecule has 2 rings (SSSR count). The predicted molar refractivity (Wildman–Crippen MR) is 74.3 cm³/mol. The zero-order chi connectivity index (χ0) is 16.5. The molecule has 1 heterocycles. The standard InChI is InChI=1S/C12H8Cl2F3N3O2/c1-22-7-4-2-6(3-5-7)20-11(14)8(10(13)19-21)9(18-20)12(15,16)17/h2-5,21H,1H3/b19-10-. The summed E-state index contributed by atoms with van der Waals surface area (Å²) >= 11 is 11.4. The quantitative estimate of drug-likeness (QED) is 0.516. The summed E-state index contributed by atoms with van der Waals surface area (Å²) in [7, 11) is 1.45. The first-order valence-electron chi connectivity index (χ1n) is 5.67. The SMILES string of the molecule is COc1ccc(-n2nc(C(F)(F)F)c(/C(Cl)=N/O)c2Cl)cc1. The molecule has 0 aliphatic rings. The lowest BCUT2D eigenvalue weighted by molar-refractivity contribution is -0.141. The van der Waals surface area contributed by atoms with Gasteiger partial charge < -0.3 is 9.94 Å². The minimum absolute atomic E-state index is 0.255. The highest BCUT2D eigenvalue weighted by Gasteiger charge is 2.40. The normalized spacial score (nSPS) is 12.5. The highest BCUT2D eigenvalue weighted by atomic mass is 35.5. The van der Waals surface area contributed by atoms with Crippen LogP contribution in [0.5, 0.6) is 5.75 Å². The summed E-state index contributed by atoms with van der Waals surface area (Å²) in [6.45, 7) is 0. The third kappa shape index (κ3) is 2.97. The first-order valence-corrected chi connectivity index (χ1v) is 6.43. The van der Waals surface area contributed by atoms with Crippen LogP contribution in [0.15, 0.2) is 29.4 Å². The highest BCUT2D eigenvalue weighted by molar-refractivity contribution is 6.70. The Kier molecular flexibility index (Phi) is 4.52. The molecule has 0 radical (unpaired) electrons. The fraction of sp³-hybridized carbons (Fsp3) is 0.167. The van der Waals surface area contributed by atoms with Crippen LogP contribution in [-0.4, -0.2) is 27.3 Å². The van der Waals surface area contributed by atoms with Crippen molar-refractivity contribution in [2.45, 2.75) is 6.18 Å². The van der Waals surface area contributed by atoms with Gasteiger partial charge in [-0.2, -0.15) is 18.3 Å². The van der Waals surface area contributed by atoms with E-state index in [4.69, 9.17) is 33.1 Å². The number of rotatable bonds is 3. The Morgan fingerprint density at radius 1 is 1.32 bits per heavy atom. The van der Waals surface area contributed by atoms with Gasteiger partial charge in [-0.15, -0.1) is 0 Å². The van der Waals surface area contributed by atoms with Crippen molar-refractivity contribution in [2.24, 2.45) is 5.16 Å². The van der Waals surface area contributed by atoms with E-state index in [0.717, 1.165) is 4.68 Å². The first-order chi connectivity index (χ1) is 10.3. The molecule has 1 aromatic carbocycles. The smallest absolute Gasteiger partial charge is 0.435 e. The van der Waals surface area contributed by atoms with Crippen molar-refractivity contribution in [2.75, 3.05) is 7.11 Å². The van der Waals surface area contributed by atoms with Crippen molar-refractivity contribution in [1.29, 1.82) is 0 Å². The van der Waals surface area contributed by atoms with Gasteiger partial charge in [0, 0.05) is 0 Å². The van der Waals surface area contributed by atoms with Crippen molar-refractivity contribution in [3.63, 3.8) is 0 Å². The van der Waals surface area contributed by atoms with E-state index in [1.165, 1.54) is 31.4 Å². The van der Waals surface area contributed by atoms with E-state index < -0.39 is 27.8 Å². The van der Waals surface area contributed by atoms with Crippen molar-refractivity contribution >= 4 is 28.4 Å². The average Bonchev–Trinajstić information content (AvgIpc) is 2.84. The van der Waals surface area contributed by atoms with Gasteiger partial charge >= 0.3 is 6.18 Å². The van der Waals surface area contributed by atoms with Crippen LogP contribution in [0.4, 0.5) is 13.2 Å². The number of methoxy groups -OCH3 is 1. The fourth-order valence-electron chi connectivity index (χ4n) is 1.72. The van der Waals surface area contributed by atoms with Crippen LogP contribution >= 0.6 is 23.2 Å². The Balaban J connectivity index is 2.65. The lowest BCUT2D eigenvalue weighted by Gasteiger charge is -2.05. The molecule has 0 unspecified atom stereocenters. The molecule has 1 N–H and O–H groups in total. The van der Waals surface area contributed by atoms with Crippen LogP contribution in [0.25, 0.3) is 5.69 Å². The van der Waals surface area contributed by atoms with Gasteiger partial charge in [0.15, 0.2) is 10.9 Å². The third-order valence-corrected chi connectivity index (χ3v) is 3.32. The minimum atomic E-state index is -4.82. The Hall–Kier alpha value is -1.93. The van der Waals surface area contributed by atoms with Crippen LogP contribution in [0.2, 0.25) is 5.15 Å². The molecule has 0 aliphatic heterocycles. The second-order valence-corrected chi connectivity index (χ2v) is 4.73. The number of hydrogen-bond acceptors (Lipinski definition) is 4. The molecule has 10 heteroatoms. The molecule has 0 atom stereocenters. The van der Waals surface area contributed by atoms with Crippen LogP contribution in [0, 0.1) is 0 Å². The maximum Gasteiger partial charge on any atom is 0.435 e. The molecule has 2 aromatic rings. The van der Waals surface area contributed by atoms with Gasteiger partial charge in [0.2, 0.25) is 0 Å². The molecule has 0 spiro atoms. The van der Waals surface area contributed by atoms with Crippen LogP contribution in [0.3, 0.4) is 0 Å². The number of benzene rings is 1. The van der Waals surface area contributed by atoms with E-state index in [2.05, 4.69) is 10.3 Å². The second-order valence-electron chi connectivity index (χ2n) is 4.01. The molecule has 22 heavy (non-hydrogen) atoms. The number of halogens is 5. The van der Waals surface area contributed by atoms with Gasteiger partial charge in [-0.1, -0.05) is 28.4 Å². The largest absolute Gasteiger partial charge is 0.497 e. The maximum absolute atomic E-state index is 13.0. The summed E-state index contributed by atoms with van der Waals surface area (Å²) in [6, 6.07) is 5.99. The number of nitrogens with zero attached hydrogens (tertiary/aromatic N) is 3. The van der Waals surface area contributed by atoms with Gasteiger partial charge in [-0.3, -0.25) is 0 Å². The molecule has 0 saturated carbocycles. The Morgan fingerprint density at radius 2 is 1.91 bits per heavy atom. The average molecular weight is 354 g/mol. The maximum atomic E-state index is 13.0. The van der Waals surface area contributed by atoms with Crippen LogP contribution in [0.1, 0.15) is 11.3 Å². The van der Waals surface area contributed by atoms with E-state index in [-0.39, 0.29) is 5.69 Å². The number of hydrogen-bond donors (Lipinski definition) is 1. The van der Waals surface area contributed by atoms with Crippen molar-refractivity contribution in [3.05, 3.63) is 40.7 Å². The first kappa shape index (κ1) is 16.4. The van der Waals surface area contributed by atoms with Crippen molar-refractivity contribution in [1.82, 2.24) is 9.78 Å². The van der Waals surface area contributed by atoms with Crippen LogP contribution < -0.4 is 4.74 Å². The van der Waals surface area contributed by atoms with Crippen molar-refractivity contribution in [3.8, 4) is 11.4 Å². The van der Waals surface area contributed by atoms with E-state index >= 15 is 0 Å². The monoisotopic (exact) mass is 353 g/mol. The van der Waals surface area contributed by atoms with E-state index in [0.29, 0.717) is 5.75 Å². The Morgan fingerprint density at radius 3 is 2.36 bits per heavy atom. The van der Waals surface area contributed by atoms with Crippen molar-refractivity contribution < 1.29 is 23.1 Å². The fourth-order valence-corrected chi connectivity index (χ4v) is 2.27. The lowest BCUT2D eigenvalue weighted by atomic mass is 10.2. The summed E-state index contributed by atoms with van der Waals surface area (Å²) in [6.07, 6.45) is -4.82. The number of oxime groups is 1. The highest BCUT2D eigenvalue weighted by Crippen LogP contribution is 2.36.